The van der Waals surface area contributed by atoms with Crippen LogP contribution in [0.3, 0.4) is 0 Å². The second-order valence-corrected chi connectivity index (χ2v) is 5.65. The van der Waals surface area contributed by atoms with Gasteiger partial charge in [0.2, 0.25) is 0 Å². The van der Waals surface area contributed by atoms with E-state index < -0.39 is 0 Å². The highest BCUT2D eigenvalue weighted by atomic mass is 15.2. The van der Waals surface area contributed by atoms with Crippen molar-refractivity contribution in [3.8, 4) is 0 Å². The molecular weight excluding hydrogens is 232 g/mol. The van der Waals surface area contributed by atoms with Crippen LogP contribution in [0.5, 0.6) is 0 Å². The summed E-state index contributed by atoms with van der Waals surface area (Å²) in [5.41, 5.74) is 1.46. The maximum atomic E-state index is 3.54. The van der Waals surface area contributed by atoms with Crippen LogP contribution in [-0.2, 0) is 0 Å². The molecule has 2 rings (SSSR count). The van der Waals surface area contributed by atoms with Crippen LogP contribution < -0.4 is 5.32 Å². The first-order valence-corrected chi connectivity index (χ1v) is 7.84. The fourth-order valence-electron chi connectivity index (χ4n) is 3.13. The third kappa shape index (κ3) is 4.05. The van der Waals surface area contributed by atoms with Gasteiger partial charge in [-0.1, -0.05) is 50.6 Å². The lowest BCUT2D eigenvalue weighted by atomic mass is 9.93. The summed E-state index contributed by atoms with van der Waals surface area (Å²) in [4.78, 5) is 2.69. The van der Waals surface area contributed by atoms with Crippen molar-refractivity contribution < 1.29 is 0 Å². The Balaban J connectivity index is 2.08. The fraction of sp³-hybridized carbons (Fsp3) is 0.647. The maximum absolute atomic E-state index is 3.54. The van der Waals surface area contributed by atoms with Crippen LogP contribution in [0.4, 0.5) is 0 Å². The van der Waals surface area contributed by atoms with E-state index in [1.165, 1.54) is 37.9 Å². The summed E-state index contributed by atoms with van der Waals surface area (Å²) in [6.07, 6.45) is 4.09. The maximum Gasteiger partial charge on any atom is 0.0472 e. The molecule has 1 aromatic rings. The van der Waals surface area contributed by atoms with Gasteiger partial charge in [0.25, 0.3) is 0 Å². The number of hydrogen-bond donors (Lipinski definition) is 1. The Kier molecular flexibility index (Phi) is 5.87. The molecule has 1 aliphatic heterocycles. The molecule has 0 aliphatic carbocycles. The van der Waals surface area contributed by atoms with E-state index in [-0.39, 0.29) is 0 Å². The van der Waals surface area contributed by atoms with Gasteiger partial charge in [0.15, 0.2) is 0 Å². The monoisotopic (exact) mass is 260 g/mol. The minimum Gasteiger partial charge on any atom is -0.315 e. The molecule has 2 unspecified atom stereocenters. The van der Waals surface area contributed by atoms with Crippen LogP contribution in [0, 0.1) is 5.92 Å². The molecule has 2 atom stereocenters. The predicted octanol–water partition coefficient (Wildman–Crippen LogP) is 3.46. The summed E-state index contributed by atoms with van der Waals surface area (Å²) in [6.45, 7) is 9.15. The van der Waals surface area contributed by atoms with Crippen molar-refractivity contribution in [3.05, 3.63) is 35.9 Å². The Morgan fingerprint density at radius 3 is 2.74 bits per heavy atom. The Hall–Kier alpha value is -0.860. The smallest absolute Gasteiger partial charge is 0.0472 e. The molecule has 19 heavy (non-hydrogen) atoms. The summed E-state index contributed by atoms with van der Waals surface area (Å²) in [7, 11) is 0. The van der Waals surface area contributed by atoms with Gasteiger partial charge in [0.1, 0.15) is 0 Å². The van der Waals surface area contributed by atoms with Gasteiger partial charge < -0.3 is 5.32 Å². The predicted molar refractivity (Wildman–Crippen MR) is 82.3 cm³/mol. The second-order valence-electron chi connectivity index (χ2n) is 5.65. The number of piperidine rings is 1. The number of likely N-dealkylation sites (N-methyl/N-ethyl adjacent to an activating group) is 1. The largest absolute Gasteiger partial charge is 0.315 e. The van der Waals surface area contributed by atoms with Gasteiger partial charge in [-0.25, -0.2) is 0 Å². The van der Waals surface area contributed by atoms with Crippen molar-refractivity contribution in [1.82, 2.24) is 10.2 Å². The zero-order valence-corrected chi connectivity index (χ0v) is 12.4. The number of nitrogens with one attached hydrogen (secondary N) is 1. The van der Waals surface area contributed by atoms with Crippen molar-refractivity contribution in [1.29, 1.82) is 0 Å². The molecule has 1 N–H and O–H groups in total. The molecule has 0 saturated carbocycles. The van der Waals surface area contributed by atoms with E-state index in [9.17, 15) is 0 Å². The molecule has 0 spiro atoms. The summed E-state index contributed by atoms with van der Waals surface area (Å²) in [5, 5.41) is 3.54. The van der Waals surface area contributed by atoms with Gasteiger partial charge in [-0.05, 0) is 37.4 Å². The van der Waals surface area contributed by atoms with Crippen LogP contribution in [0.1, 0.15) is 44.7 Å². The highest BCUT2D eigenvalue weighted by molar-refractivity contribution is 5.19. The van der Waals surface area contributed by atoms with E-state index >= 15 is 0 Å². The third-order valence-corrected chi connectivity index (χ3v) is 4.34. The highest BCUT2D eigenvalue weighted by Gasteiger charge is 2.25. The topological polar surface area (TPSA) is 15.3 Å². The molecule has 0 amide bonds. The van der Waals surface area contributed by atoms with Crippen molar-refractivity contribution in [3.63, 3.8) is 0 Å². The molecule has 1 heterocycles. The molecule has 2 nitrogen and oxygen atoms in total. The van der Waals surface area contributed by atoms with Gasteiger partial charge in [-0.3, -0.25) is 4.90 Å². The number of hydrogen-bond acceptors (Lipinski definition) is 2. The van der Waals surface area contributed by atoms with E-state index in [4.69, 9.17) is 0 Å². The molecule has 0 bridgehead atoms. The van der Waals surface area contributed by atoms with Crippen LogP contribution in [0.2, 0.25) is 0 Å². The van der Waals surface area contributed by atoms with E-state index in [1.54, 1.807) is 0 Å². The number of nitrogens with zero attached hydrogens (tertiary/aromatic N) is 1. The first-order chi connectivity index (χ1) is 9.35. The van der Waals surface area contributed by atoms with Crippen molar-refractivity contribution in [2.45, 2.75) is 39.2 Å². The zero-order chi connectivity index (χ0) is 13.5. The van der Waals surface area contributed by atoms with E-state index in [2.05, 4.69) is 54.4 Å². The van der Waals surface area contributed by atoms with Crippen molar-refractivity contribution in [2.75, 3.05) is 26.2 Å². The number of rotatable bonds is 6. The van der Waals surface area contributed by atoms with Crippen LogP contribution in [0.25, 0.3) is 0 Å². The summed E-state index contributed by atoms with van der Waals surface area (Å²) in [5.74, 6) is 0.890. The van der Waals surface area contributed by atoms with Gasteiger partial charge >= 0.3 is 0 Å². The Morgan fingerprint density at radius 1 is 1.26 bits per heavy atom. The van der Waals surface area contributed by atoms with Gasteiger partial charge in [-0.2, -0.15) is 0 Å². The lowest BCUT2D eigenvalue weighted by Crippen LogP contribution is -2.42. The minimum absolute atomic E-state index is 0.537. The molecular formula is C17H28N2. The molecule has 1 fully saturated rings. The lowest BCUT2D eigenvalue weighted by Gasteiger charge is -2.38. The summed E-state index contributed by atoms with van der Waals surface area (Å²) < 4.78 is 0. The molecule has 0 aromatic heterocycles. The van der Waals surface area contributed by atoms with E-state index in [1.807, 2.05) is 0 Å². The average molecular weight is 260 g/mol. The first kappa shape index (κ1) is 14.5. The normalized spacial score (nSPS) is 22.3. The Bertz CT molecular complexity index is 350. The Labute approximate surface area is 118 Å². The zero-order valence-electron chi connectivity index (χ0n) is 12.4. The Morgan fingerprint density at radius 2 is 2.05 bits per heavy atom. The molecule has 106 valence electrons. The molecule has 1 saturated heterocycles. The molecule has 1 aromatic carbocycles. The fourth-order valence-corrected chi connectivity index (χ4v) is 3.13. The van der Waals surface area contributed by atoms with Gasteiger partial charge in [0.05, 0.1) is 0 Å². The van der Waals surface area contributed by atoms with Gasteiger partial charge in [0, 0.05) is 19.1 Å². The standard InChI is InChI=1S/C17H28N2/c1-3-15-9-8-12-19(14-15)17(13-18-4-2)16-10-6-5-7-11-16/h5-7,10-11,15,17-18H,3-4,8-9,12-14H2,1-2H3. The molecule has 0 radical (unpaired) electrons. The van der Waals surface area contributed by atoms with Crippen molar-refractivity contribution in [2.24, 2.45) is 5.92 Å². The number of likely N-dealkylation sites (tertiary alicyclic amines) is 1. The summed E-state index contributed by atoms with van der Waals surface area (Å²) in [6, 6.07) is 11.5. The van der Waals surface area contributed by atoms with Gasteiger partial charge in [-0.15, -0.1) is 0 Å². The summed E-state index contributed by atoms with van der Waals surface area (Å²) >= 11 is 0. The van der Waals surface area contributed by atoms with E-state index in [0.717, 1.165) is 19.0 Å². The third-order valence-electron chi connectivity index (χ3n) is 4.34. The second kappa shape index (κ2) is 7.66. The SMILES string of the molecule is CCNCC(c1ccccc1)N1CCCC(CC)C1. The molecule has 1 aliphatic rings. The first-order valence-electron chi connectivity index (χ1n) is 7.84. The van der Waals surface area contributed by atoms with E-state index in [0.29, 0.717) is 6.04 Å². The minimum atomic E-state index is 0.537. The average Bonchev–Trinajstić information content (AvgIpc) is 2.49. The van der Waals surface area contributed by atoms with Crippen LogP contribution >= 0.6 is 0 Å². The lowest BCUT2D eigenvalue weighted by molar-refractivity contribution is 0.119. The number of benzene rings is 1. The molecule has 2 heteroatoms. The quantitative estimate of drug-likeness (QED) is 0.842. The highest BCUT2D eigenvalue weighted by Crippen LogP contribution is 2.27. The van der Waals surface area contributed by atoms with Crippen LogP contribution in [-0.4, -0.2) is 31.1 Å². The van der Waals surface area contributed by atoms with Crippen molar-refractivity contribution >= 4 is 0 Å². The van der Waals surface area contributed by atoms with Crippen LogP contribution in [0.15, 0.2) is 30.3 Å².